The van der Waals surface area contributed by atoms with Crippen LogP contribution in [0.25, 0.3) is 0 Å². The molecule has 0 aromatic heterocycles. The van der Waals surface area contributed by atoms with Gasteiger partial charge in [0, 0.05) is 19.7 Å². The summed E-state index contributed by atoms with van der Waals surface area (Å²) in [6, 6.07) is 13.0. The number of hydrogen-bond acceptors (Lipinski definition) is 5. The van der Waals surface area contributed by atoms with Crippen LogP contribution in [-0.4, -0.2) is 45.2 Å². The van der Waals surface area contributed by atoms with E-state index >= 15 is 0 Å². The van der Waals surface area contributed by atoms with Crippen molar-refractivity contribution in [2.24, 2.45) is 0 Å². The summed E-state index contributed by atoms with van der Waals surface area (Å²) in [6.07, 6.45) is 0.0453. The van der Waals surface area contributed by atoms with E-state index in [0.717, 1.165) is 9.87 Å². The van der Waals surface area contributed by atoms with Crippen LogP contribution < -0.4 is 15.6 Å². The predicted octanol–water partition coefficient (Wildman–Crippen LogP) is 1.48. The molecule has 0 saturated heterocycles. The van der Waals surface area contributed by atoms with Crippen molar-refractivity contribution in [1.29, 1.82) is 0 Å². The Hall–Kier alpha value is -2.91. The average Bonchev–Trinajstić information content (AvgIpc) is 2.67. The normalized spacial score (nSPS) is 11.1. The molecule has 2 aromatic carbocycles. The first kappa shape index (κ1) is 21.4. The molecule has 9 heteroatoms. The second-order valence-corrected chi connectivity index (χ2v) is 8.33. The van der Waals surface area contributed by atoms with Gasteiger partial charge < -0.3 is 4.74 Å². The van der Waals surface area contributed by atoms with Crippen LogP contribution in [-0.2, 0) is 14.8 Å². The summed E-state index contributed by atoms with van der Waals surface area (Å²) in [7, 11) is -0.849. The largest absolute Gasteiger partial charge is 0.493 e. The zero-order valence-electron chi connectivity index (χ0n) is 15.9. The second kappa shape index (κ2) is 9.34. The maximum Gasteiger partial charge on any atom is 0.269 e. The van der Waals surface area contributed by atoms with Gasteiger partial charge in [-0.25, -0.2) is 12.7 Å². The van der Waals surface area contributed by atoms with Gasteiger partial charge in [-0.3, -0.25) is 20.4 Å². The highest BCUT2D eigenvalue weighted by atomic mass is 32.2. The molecule has 2 rings (SSSR count). The van der Waals surface area contributed by atoms with Gasteiger partial charge in [0.15, 0.2) is 0 Å². The van der Waals surface area contributed by atoms with Gasteiger partial charge in [-0.2, -0.15) is 0 Å². The van der Waals surface area contributed by atoms with E-state index < -0.39 is 21.8 Å². The summed E-state index contributed by atoms with van der Waals surface area (Å²) in [6.45, 7) is 2.06. The number of nitrogens with zero attached hydrogens (tertiary/aromatic N) is 1. The van der Waals surface area contributed by atoms with E-state index in [4.69, 9.17) is 4.74 Å². The Morgan fingerprint density at radius 3 is 2.43 bits per heavy atom. The molecule has 2 N–H and O–H groups in total. The molecule has 0 saturated carbocycles. The van der Waals surface area contributed by atoms with Gasteiger partial charge in [0.1, 0.15) is 5.75 Å². The Bertz CT molecular complexity index is 958. The van der Waals surface area contributed by atoms with Gasteiger partial charge in [0.05, 0.1) is 17.9 Å². The average molecular weight is 405 g/mol. The van der Waals surface area contributed by atoms with Crippen LogP contribution in [0.4, 0.5) is 0 Å². The number of carbonyl (C=O) groups excluding carboxylic acids is 2. The van der Waals surface area contributed by atoms with Crippen LogP contribution in [0.3, 0.4) is 0 Å². The number of amides is 2. The minimum atomic E-state index is -3.66. The first-order chi connectivity index (χ1) is 13.2. The zero-order valence-corrected chi connectivity index (χ0v) is 16.7. The number of para-hydroxylation sites is 1. The van der Waals surface area contributed by atoms with E-state index in [1.54, 1.807) is 0 Å². The molecule has 0 spiro atoms. The standard InChI is InChI=1S/C19H23N3O5S/c1-14-7-4-5-10-17(14)27-12-11-18(23)20-21-19(24)15-8-6-9-16(13-15)28(25,26)22(2)3/h4-10,13H,11-12H2,1-3H3,(H,20,23)(H,21,24). The minimum Gasteiger partial charge on any atom is -0.493 e. The van der Waals surface area contributed by atoms with Crippen molar-refractivity contribution in [3.8, 4) is 5.75 Å². The maximum absolute atomic E-state index is 12.2. The van der Waals surface area contributed by atoms with E-state index in [-0.39, 0.29) is 23.5 Å². The van der Waals surface area contributed by atoms with Crippen molar-refractivity contribution in [1.82, 2.24) is 15.2 Å². The highest BCUT2D eigenvalue weighted by Gasteiger charge is 2.18. The first-order valence-electron chi connectivity index (χ1n) is 8.52. The molecule has 0 unspecified atom stereocenters. The van der Waals surface area contributed by atoms with Gasteiger partial charge in [0.25, 0.3) is 5.91 Å². The fourth-order valence-electron chi connectivity index (χ4n) is 2.24. The molecule has 0 radical (unpaired) electrons. The molecule has 0 fully saturated rings. The van der Waals surface area contributed by atoms with E-state index in [0.29, 0.717) is 5.75 Å². The van der Waals surface area contributed by atoms with Crippen molar-refractivity contribution < 1.29 is 22.7 Å². The Labute approximate surface area is 164 Å². The highest BCUT2D eigenvalue weighted by molar-refractivity contribution is 7.89. The molecule has 28 heavy (non-hydrogen) atoms. The SMILES string of the molecule is Cc1ccccc1OCCC(=O)NNC(=O)c1cccc(S(=O)(=O)N(C)C)c1. The molecule has 150 valence electrons. The number of hydrogen-bond donors (Lipinski definition) is 2. The third-order valence-electron chi connectivity index (χ3n) is 3.87. The highest BCUT2D eigenvalue weighted by Crippen LogP contribution is 2.16. The monoisotopic (exact) mass is 405 g/mol. The van der Waals surface area contributed by atoms with Crippen LogP contribution in [0.5, 0.6) is 5.75 Å². The van der Waals surface area contributed by atoms with Crippen LogP contribution >= 0.6 is 0 Å². The molecule has 2 aromatic rings. The van der Waals surface area contributed by atoms with Crippen LogP contribution in [0.2, 0.25) is 0 Å². The second-order valence-electron chi connectivity index (χ2n) is 6.18. The van der Waals surface area contributed by atoms with Crippen molar-refractivity contribution in [2.45, 2.75) is 18.2 Å². The first-order valence-corrected chi connectivity index (χ1v) is 9.96. The summed E-state index contributed by atoms with van der Waals surface area (Å²) in [4.78, 5) is 24.0. The Morgan fingerprint density at radius 2 is 1.75 bits per heavy atom. The van der Waals surface area contributed by atoms with Gasteiger partial charge >= 0.3 is 0 Å². The van der Waals surface area contributed by atoms with E-state index in [1.807, 2.05) is 31.2 Å². The summed E-state index contributed by atoms with van der Waals surface area (Å²) in [5, 5.41) is 0. The molecule has 0 aliphatic rings. The predicted molar refractivity (Wildman–Crippen MR) is 104 cm³/mol. The summed E-state index contributed by atoms with van der Waals surface area (Å²) >= 11 is 0. The van der Waals surface area contributed by atoms with Gasteiger partial charge in [0.2, 0.25) is 15.9 Å². The smallest absolute Gasteiger partial charge is 0.269 e. The molecule has 0 aliphatic carbocycles. The van der Waals surface area contributed by atoms with E-state index in [9.17, 15) is 18.0 Å². The number of hydrazine groups is 1. The van der Waals surface area contributed by atoms with Crippen LogP contribution in [0, 0.1) is 6.92 Å². The third kappa shape index (κ3) is 5.54. The van der Waals surface area contributed by atoms with Gasteiger partial charge in [-0.15, -0.1) is 0 Å². The minimum absolute atomic E-state index is 0.0110. The lowest BCUT2D eigenvalue weighted by molar-refractivity contribution is -0.122. The number of rotatable bonds is 7. The number of sulfonamides is 1. The fraction of sp³-hybridized carbons (Fsp3) is 0.263. The molecule has 0 atom stereocenters. The summed E-state index contributed by atoms with van der Waals surface area (Å²) < 4.78 is 30.9. The number of nitrogens with one attached hydrogen (secondary N) is 2. The summed E-state index contributed by atoms with van der Waals surface area (Å²) in [5.74, 6) is -0.360. The Morgan fingerprint density at radius 1 is 1.04 bits per heavy atom. The topological polar surface area (TPSA) is 105 Å². The molecule has 8 nitrogen and oxygen atoms in total. The Balaban J connectivity index is 1.86. The number of aryl methyl sites for hydroxylation is 1. The molecule has 2 amide bonds. The van der Waals surface area contributed by atoms with Crippen molar-refractivity contribution >= 4 is 21.8 Å². The van der Waals surface area contributed by atoms with Crippen molar-refractivity contribution in [2.75, 3.05) is 20.7 Å². The number of benzene rings is 2. The van der Waals surface area contributed by atoms with E-state index in [2.05, 4.69) is 10.9 Å². The number of ether oxygens (including phenoxy) is 1. The third-order valence-corrected chi connectivity index (χ3v) is 5.68. The lowest BCUT2D eigenvalue weighted by Crippen LogP contribution is -2.42. The molecule has 0 heterocycles. The summed E-state index contributed by atoms with van der Waals surface area (Å²) in [5.41, 5.74) is 5.62. The lowest BCUT2D eigenvalue weighted by atomic mass is 10.2. The van der Waals surface area contributed by atoms with Crippen molar-refractivity contribution in [3.05, 3.63) is 59.7 Å². The Kier molecular flexibility index (Phi) is 7.13. The molecule has 0 bridgehead atoms. The zero-order chi connectivity index (χ0) is 20.7. The van der Waals surface area contributed by atoms with Crippen LogP contribution in [0.1, 0.15) is 22.3 Å². The fourth-order valence-corrected chi connectivity index (χ4v) is 3.19. The number of carbonyl (C=O) groups is 2. The molecular weight excluding hydrogens is 382 g/mol. The van der Waals surface area contributed by atoms with E-state index in [1.165, 1.54) is 38.4 Å². The van der Waals surface area contributed by atoms with Gasteiger partial charge in [-0.1, -0.05) is 24.3 Å². The quantitative estimate of drug-likeness (QED) is 0.679. The van der Waals surface area contributed by atoms with Crippen molar-refractivity contribution in [3.63, 3.8) is 0 Å². The van der Waals surface area contributed by atoms with Crippen LogP contribution in [0.15, 0.2) is 53.4 Å². The molecular formula is C19H23N3O5S. The lowest BCUT2D eigenvalue weighted by Gasteiger charge is -2.13. The van der Waals surface area contributed by atoms with Gasteiger partial charge in [-0.05, 0) is 36.8 Å². The maximum atomic E-state index is 12.2. The molecule has 0 aliphatic heterocycles.